The molecule has 7 nitrogen and oxygen atoms in total. The molecule has 0 rings (SSSR count). The Balaban J connectivity index is 5.65. The van der Waals surface area contributed by atoms with E-state index in [0.717, 1.165) is 6.08 Å². The normalized spacial score (nSPS) is 15.9. The third kappa shape index (κ3) is 10.9. The van der Waals surface area contributed by atoms with E-state index in [1.54, 1.807) is 40.7 Å². The second-order valence-electron chi connectivity index (χ2n) is 9.08. The summed E-state index contributed by atoms with van der Waals surface area (Å²) in [6.07, 6.45) is 0.879. The monoisotopic (exact) mass is 514 g/mol. The molecule has 0 radical (unpaired) electrons. The van der Waals surface area contributed by atoms with Crippen LogP contribution >= 0.6 is 34.8 Å². The van der Waals surface area contributed by atoms with E-state index in [4.69, 9.17) is 49.0 Å². The van der Waals surface area contributed by atoms with Gasteiger partial charge in [0.05, 0.1) is 17.4 Å². The van der Waals surface area contributed by atoms with Gasteiger partial charge in [0.2, 0.25) is 3.79 Å². The van der Waals surface area contributed by atoms with Crippen molar-refractivity contribution < 1.29 is 33.7 Å². The highest BCUT2D eigenvalue weighted by Crippen LogP contribution is 2.34. The standard InChI is InChI=1S/C22H33Cl3O7/c1-9-10-13(2)17(31-19(29)30-12-22(23,24)25)14(3)18(28)21(7,8)15(26)11-16(27)32-20(4,5)6/h9,11,13-14,17,26H,1,10,12H2,2-8H3/b15-11-/t13-,14+,17-/m0/s1. The second-order valence-corrected chi connectivity index (χ2v) is 11.6. The van der Waals surface area contributed by atoms with Gasteiger partial charge in [-0.25, -0.2) is 9.59 Å². The Morgan fingerprint density at radius 1 is 1.06 bits per heavy atom. The number of hydrogen-bond donors (Lipinski definition) is 1. The van der Waals surface area contributed by atoms with Crippen LogP contribution in [0, 0.1) is 17.3 Å². The first-order valence-corrected chi connectivity index (χ1v) is 11.1. The molecule has 184 valence electrons. The highest BCUT2D eigenvalue weighted by atomic mass is 35.6. The van der Waals surface area contributed by atoms with Crippen molar-refractivity contribution in [2.75, 3.05) is 6.61 Å². The molecule has 0 aromatic heterocycles. The van der Waals surface area contributed by atoms with Crippen molar-refractivity contribution in [3.8, 4) is 0 Å². The molecule has 32 heavy (non-hydrogen) atoms. The van der Waals surface area contributed by atoms with Crippen LogP contribution in [-0.2, 0) is 23.8 Å². The van der Waals surface area contributed by atoms with Crippen molar-refractivity contribution in [2.24, 2.45) is 17.3 Å². The number of Topliss-reactive ketones (excluding diaryl/α,β-unsaturated/α-hetero) is 1. The van der Waals surface area contributed by atoms with Crippen LogP contribution in [0.1, 0.15) is 54.9 Å². The number of halogens is 3. The lowest BCUT2D eigenvalue weighted by molar-refractivity contribution is -0.148. The molecule has 0 fully saturated rings. The largest absolute Gasteiger partial charge is 0.511 e. The molecule has 0 aliphatic carbocycles. The van der Waals surface area contributed by atoms with Crippen molar-refractivity contribution >= 4 is 52.7 Å². The van der Waals surface area contributed by atoms with Crippen molar-refractivity contribution in [3.63, 3.8) is 0 Å². The van der Waals surface area contributed by atoms with E-state index in [2.05, 4.69) is 6.58 Å². The predicted octanol–water partition coefficient (Wildman–Crippen LogP) is 6.11. The van der Waals surface area contributed by atoms with Gasteiger partial charge in [-0.3, -0.25) is 4.79 Å². The summed E-state index contributed by atoms with van der Waals surface area (Å²) in [5, 5.41) is 10.5. The SMILES string of the molecule is C=CC[C@H](C)[C@H](OC(=O)OCC(Cl)(Cl)Cl)[C@@H](C)C(=O)C(C)(C)/C(O)=C/C(=O)OC(C)(C)C. The number of allylic oxidation sites excluding steroid dienone is 2. The molecule has 0 aromatic carbocycles. The second kappa shape index (κ2) is 12.1. The van der Waals surface area contributed by atoms with E-state index < -0.39 is 57.1 Å². The van der Waals surface area contributed by atoms with Crippen LogP contribution in [0.5, 0.6) is 0 Å². The number of hydrogen-bond acceptors (Lipinski definition) is 7. The van der Waals surface area contributed by atoms with Crippen molar-refractivity contribution in [3.05, 3.63) is 24.5 Å². The lowest BCUT2D eigenvalue weighted by Gasteiger charge is -2.33. The van der Waals surface area contributed by atoms with Gasteiger partial charge in [0, 0.05) is 0 Å². The molecule has 0 aromatic rings. The lowest BCUT2D eigenvalue weighted by atomic mass is 9.75. The van der Waals surface area contributed by atoms with Crippen LogP contribution in [0.2, 0.25) is 0 Å². The van der Waals surface area contributed by atoms with Crippen LogP contribution in [0.4, 0.5) is 4.79 Å². The minimum absolute atomic E-state index is 0.320. The van der Waals surface area contributed by atoms with Crippen LogP contribution in [0.15, 0.2) is 24.5 Å². The molecule has 0 aliphatic rings. The van der Waals surface area contributed by atoms with E-state index in [1.807, 2.05) is 0 Å². The number of carbonyl (C=O) groups is 3. The molecule has 1 N–H and O–H groups in total. The molecule has 0 saturated heterocycles. The zero-order valence-electron chi connectivity index (χ0n) is 19.5. The fraction of sp³-hybridized carbons (Fsp3) is 0.682. The van der Waals surface area contributed by atoms with Crippen LogP contribution in [0.25, 0.3) is 0 Å². The van der Waals surface area contributed by atoms with Gasteiger partial charge in [0.25, 0.3) is 0 Å². The molecule has 0 spiro atoms. The van der Waals surface area contributed by atoms with Gasteiger partial charge < -0.3 is 19.3 Å². The Morgan fingerprint density at radius 3 is 2.03 bits per heavy atom. The van der Waals surface area contributed by atoms with Gasteiger partial charge in [-0.1, -0.05) is 54.7 Å². The van der Waals surface area contributed by atoms with Gasteiger partial charge in [0.15, 0.2) is 5.78 Å². The predicted molar refractivity (Wildman–Crippen MR) is 125 cm³/mol. The maximum atomic E-state index is 13.2. The maximum Gasteiger partial charge on any atom is 0.508 e. The molecule has 10 heteroatoms. The Kier molecular flexibility index (Phi) is 11.6. The molecule has 3 atom stereocenters. The average Bonchev–Trinajstić information content (AvgIpc) is 2.61. The van der Waals surface area contributed by atoms with Gasteiger partial charge in [-0.2, -0.15) is 0 Å². The van der Waals surface area contributed by atoms with Crippen LogP contribution < -0.4 is 0 Å². The van der Waals surface area contributed by atoms with Gasteiger partial charge in [-0.15, -0.1) is 6.58 Å². The van der Waals surface area contributed by atoms with Crippen molar-refractivity contribution in [2.45, 2.75) is 70.4 Å². The summed E-state index contributed by atoms with van der Waals surface area (Å²) >= 11 is 16.7. The third-order valence-electron chi connectivity index (χ3n) is 4.51. The Hall–Kier alpha value is -1.44. The Bertz CT molecular complexity index is 718. The molecule has 0 aliphatic heterocycles. The van der Waals surface area contributed by atoms with Gasteiger partial charge >= 0.3 is 12.1 Å². The van der Waals surface area contributed by atoms with E-state index >= 15 is 0 Å². The Morgan fingerprint density at radius 2 is 1.59 bits per heavy atom. The number of ether oxygens (including phenoxy) is 3. The average molecular weight is 516 g/mol. The summed E-state index contributed by atoms with van der Waals surface area (Å²) in [6.45, 7) is 14.4. The minimum atomic E-state index is -1.82. The van der Waals surface area contributed by atoms with E-state index in [1.165, 1.54) is 13.8 Å². The maximum absolute atomic E-state index is 13.2. The smallest absolute Gasteiger partial charge is 0.508 e. The number of rotatable bonds is 10. The fourth-order valence-corrected chi connectivity index (χ4v) is 3.03. The fourth-order valence-electron chi connectivity index (χ4n) is 2.86. The first-order valence-electron chi connectivity index (χ1n) is 10.0. The topological polar surface area (TPSA) is 99.1 Å². The number of esters is 1. The van der Waals surface area contributed by atoms with Crippen LogP contribution in [-0.4, -0.2) is 45.1 Å². The summed E-state index contributed by atoms with van der Waals surface area (Å²) in [5.41, 5.74) is -2.23. The zero-order chi connectivity index (χ0) is 25.5. The molecule has 0 bridgehead atoms. The molecular weight excluding hydrogens is 483 g/mol. The number of alkyl halides is 3. The first-order chi connectivity index (χ1) is 14.3. The highest BCUT2D eigenvalue weighted by Gasteiger charge is 2.42. The number of aliphatic hydroxyl groups is 1. The summed E-state index contributed by atoms with van der Waals surface area (Å²) in [6, 6.07) is 0. The summed E-state index contributed by atoms with van der Waals surface area (Å²) in [5.74, 6) is -2.93. The Labute approximate surface area is 205 Å². The third-order valence-corrected chi connectivity index (χ3v) is 4.84. The first kappa shape index (κ1) is 30.6. The molecule has 0 saturated carbocycles. The quantitative estimate of drug-likeness (QED) is 0.123. The van der Waals surface area contributed by atoms with Crippen molar-refractivity contribution in [1.82, 2.24) is 0 Å². The van der Waals surface area contributed by atoms with Crippen molar-refractivity contribution in [1.29, 1.82) is 0 Å². The van der Waals surface area contributed by atoms with Crippen LogP contribution in [0.3, 0.4) is 0 Å². The van der Waals surface area contributed by atoms with E-state index in [9.17, 15) is 19.5 Å². The lowest BCUT2D eigenvalue weighted by Crippen LogP contribution is -2.42. The highest BCUT2D eigenvalue weighted by molar-refractivity contribution is 6.67. The summed E-state index contributed by atoms with van der Waals surface area (Å²) < 4.78 is 13.5. The minimum Gasteiger partial charge on any atom is -0.511 e. The molecule has 0 unspecified atom stereocenters. The van der Waals surface area contributed by atoms with E-state index in [0.29, 0.717) is 6.42 Å². The number of carbonyl (C=O) groups excluding carboxylic acids is 3. The van der Waals surface area contributed by atoms with E-state index in [-0.39, 0.29) is 5.92 Å². The molecule has 0 amide bonds. The van der Waals surface area contributed by atoms with Gasteiger partial charge in [0.1, 0.15) is 24.1 Å². The molecular formula is C22H33Cl3O7. The van der Waals surface area contributed by atoms with Gasteiger partial charge in [-0.05, 0) is 47.0 Å². The zero-order valence-corrected chi connectivity index (χ0v) is 21.8. The number of aliphatic hydroxyl groups excluding tert-OH is 1. The summed E-state index contributed by atoms with van der Waals surface area (Å²) in [4.78, 5) is 37.4. The summed E-state index contributed by atoms with van der Waals surface area (Å²) in [7, 11) is 0. The number of ketones is 1. The molecule has 0 heterocycles.